The molecule has 2 aliphatic rings. The van der Waals surface area contributed by atoms with Gasteiger partial charge in [-0.1, -0.05) is 6.07 Å². The molecule has 4 heterocycles. The third-order valence-electron chi connectivity index (χ3n) is 5.85. The normalized spacial score (nSPS) is 16.9. The summed E-state index contributed by atoms with van der Waals surface area (Å²) >= 11 is 0. The fourth-order valence-electron chi connectivity index (χ4n) is 4.05. The van der Waals surface area contributed by atoms with E-state index < -0.39 is 0 Å². The monoisotopic (exact) mass is 420 g/mol. The van der Waals surface area contributed by atoms with Crippen molar-refractivity contribution in [2.75, 3.05) is 43.6 Å². The number of H-pyrrole nitrogens is 1. The molecule has 0 spiro atoms. The molecule has 10 nitrogen and oxygen atoms in total. The summed E-state index contributed by atoms with van der Waals surface area (Å²) in [6, 6.07) is 5.84. The SMILES string of the molecule is COc1cccc2[nH]c(CNc3nc(N4CCOCC4)nc4c(C5CC5)cnn34)nc12. The molecule has 0 radical (unpaired) electrons. The molecule has 1 aromatic carbocycles. The van der Waals surface area contributed by atoms with Gasteiger partial charge in [0, 0.05) is 18.7 Å². The minimum Gasteiger partial charge on any atom is -0.494 e. The number of rotatable bonds is 6. The van der Waals surface area contributed by atoms with Gasteiger partial charge in [0.15, 0.2) is 5.65 Å². The van der Waals surface area contributed by atoms with E-state index >= 15 is 0 Å². The molecule has 0 unspecified atom stereocenters. The van der Waals surface area contributed by atoms with E-state index in [1.54, 1.807) is 11.6 Å². The molecule has 1 saturated carbocycles. The highest BCUT2D eigenvalue weighted by Gasteiger charge is 2.29. The van der Waals surface area contributed by atoms with Crippen molar-refractivity contribution in [3.63, 3.8) is 0 Å². The van der Waals surface area contributed by atoms with Gasteiger partial charge in [0.1, 0.15) is 17.1 Å². The number of ether oxygens (including phenoxy) is 2. The van der Waals surface area contributed by atoms with Gasteiger partial charge < -0.3 is 24.7 Å². The molecule has 1 aliphatic carbocycles. The lowest BCUT2D eigenvalue weighted by Gasteiger charge is -2.27. The standard InChI is InChI=1S/C21H24N8O2/c1-30-16-4-2-3-15-18(16)25-17(24-15)12-22-20-27-21(28-7-9-31-10-8-28)26-19-14(13-5-6-13)11-23-29(19)20/h2-4,11,13H,5-10,12H2,1H3,(H,24,25)(H,22,26,27). The molecule has 0 atom stereocenters. The third-order valence-corrected chi connectivity index (χ3v) is 5.85. The number of nitrogens with one attached hydrogen (secondary N) is 2. The number of morpholine rings is 1. The Morgan fingerprint density at radius 1 is 1.19 bits per heavy atom. The van der Waals surface area contributed by atoms with Crippen molar-refractivity contribution in [3.8, 4) is 5.75 Å². The van der Waals surface area contributed by atoms with Crippen LogP contribution in [0.2, 0.25) is 0 Å². The maximum absolute atomic E-state index is 5.50. The number of aromatic nitrogens is 6. The zero-order valence-electron chi connectivity index (χ0n) is 17.3. The molecule has 6 rings (SSSR count). The number of aromatic amines is 1. The van der Waals surface area contributed by atoms with E-state index in [0.29, 0.717) is 37.6 Å². The Bertz CT molecular complexity index is 1240. The highest BCUT2D eigenvalue weighted by molar-refractivity contribution is 5.81. The highest BCUT2D eigenvalue weighted by Crippen LogP contribution is 2.42. The minimum absolute atomic E-state index is 0.477. The van der Waals surface area contributed by atoms with Crippen LogP contribution in [0.3, 0.4) is 0 Å². The fraction of sp³-hybridized carbons (Fsp3) is 0.429. The molecule has 4 aromatic rings. The zero-order chi connectivity index (χ0) is 20.8. The van der Waals surface area contributed by atoms with Gasteiger partial charge in [-0.2, -0.15) is 19.6 Å². The average molecular weight is 420 g/mol. The van der Waals surface area contributed by atoms with Gasteiger partial charge in [-0.05, 0) is 30.9 Å². The van der Waals surface area contributed by atoms with Gasteiger partial charge >= 0.3 is 0 Å². The predicted octanol–water partition coefficient (Wildman–Crippen LogP) is 2.34. The Hall–Kier alpha value is -3.40. The number of fused-ring (bicyclic) bond motifs is 2. The summed E-state index contributed by atoms with van der Waals surface area (Å²) in [6.07, 6.45) is 4.33. The average Bonchev–Trinajstić information content (AvgIpc) is 3.42. The molecule has 0 amide bonds. The van der Waals surface area contributed by atoms with Gasteiger partial charge in [-0.25, -0.2) is 4.98 Å². The van der Waals surface area contributed by atoms with Crippen LogP contribution in [0.5, 0.6) is 5.75 Å². The second kappa shape index (κ2) is 7.38. The Labute approximate surface area is 178 Å². The van der Waals surface area contributed by atoms with Gasteiger partial charge in [-0.3, -0.25) is 0 Å². The van der Waals surface area contributed by atoms with E-state index in [2.05, 4.69) is 20.3 Å². The molecule has 1 saturated heterocycles. The largest absolute Gasteiger partial charge is 0.494 e. The lowest BCUT2D eigenvalue weighted by molar-refractivity contribution is 0.122. The fourth-order valence-corrected chi connectivity index (χ4v) is 4.05. The van der Waals surface area contributed by atoms with Crippen LogP contribution in [-0.2, 0) is 11.3 Å². The summed E-state index contributed by atoms with van der Waals surface area (Å²) in [6.45, 7) is 3.42. The summed E-state index contributed by atoms with van der Waals surface area (Å²) in [5, 5.41) is 8.00. The van der Waals surface area contributed by atoms with Crippen LogP contribution < -0.4 is 15.0 Å². The number of methoxy groups -OCH3 is 1. The van der Waals surface area contributed by atoms with E-state index in [4.69, 9.17) is 24.4 Å². The van der Waals surface area contributed by atoms with Crippen molar-refractivity contribution in [2.45, 2.75) is 25.3 Å². The Morgan fingerprint density at radius 2 is 2.06 bits per heavy atom. The second-order valence-corrected chi connectivity index (χ2v) is 7.95. The third kappa shape index (κ3) is 3.32. The van der Waals surface area contributed by atoms with Crippen LogP contribution in [0.1, 0.15) is 30.1 Å². The number of anilines is 2. The number of hydrogen-bond acceptors (Lipinski definition) is 8. The quantitative estimate of drug-likeness (QED) is 0.490. The summed E-state index contributed by atoms with van der Waals surface area (Å²) in [5.41, 5.74) is 3.84. The van der Waals surface area contributed by atoms with Gasteiger partial charge in [-0.15, -0.1) is 0 Å². The number of para-hydroxylation sites is 1. The molecule has 31 heavy (non-hydrogen) atoms. The first-order valence-corrected chi connectivity index (χ1v) is 10.6. The smallest absolute Gasteiger partial charge is 0.230 e. The lowest BCUT2D eigenvalue weighted by Crippen LogP contribution is -2.37. The number of hydrogen-bond donors (Lipinski definition) is 2. The highest BCUT2D eigenvalue weighted by atomic mass is 16.5. The Kier molecular flexibility index (Phi) is 4.37. The minimum atomic E-state index is 0.477. The van der Waals surface area contributed by atoms with Crippen LogP contribution in [0.15, 0.2) is 24.4 Å². The second-order valence-electron chi connectivity index (χ2n) is 7.95. The topological polar surface area (TPSA) is 105 Å². The van der Waals surface area contributed by atoms with Crippen molar-refractivity contribution in [2.24, 2.45) is 0 Å². The molecule has 2 N–H and O–H groups in total. The first kappa shape index (κ1) is 18.4. The first-order chi connectivity index (χ1) is 15.3. The lowest BCUT2D eigenvalue weighted by atomic mass is 10.2. The van der Waals surface area contributed by atoms with E-state index in [0.717, 1.165) is 41.3 Å². The van der Waals surface area contributed by atoms with Gasteiger partial charge in [0.2, 0.25) is 11.9 Å². The number of imidazole rings is 1. The van der Waals surface area contributed by atoms with Crippen molar-refractivity contribution >= 4 is 28.6 Å². The molecular formula is C21H24N8O2. The molecular weight excluding hydrogens is 396 g/mol. The summed E-state index contributed by atoms with van der Waals surface area (Å²) in [5.74, 6) is 3.48. The van der Waals surface area contributed by atoms with E-state index in [1.165, 1.54) is 18.4 Å². The molecule has 3 aromatic heterocycles. The van der Waals surface area contributed by atoms with Crippen LogP contribution in [-0.4, -0.2) is 63.0 Å². The summed E-state index contributed by atoms with van der Waals surface area (Å²) in [7, 11) is 1.65. The van der Waals surface area contributed by atoms with Crippen molar-refractivity contribution in [3.05, 3.63) is 35.8 Å². The maximum Gasteiger partial charge on any atom is 0.230 e. The number of nitrogens with zero attached hydrogens (tertiary/aromatic N) is 6. The summed E-state index contributed by atoms with van der Waals surface area (Å²) in [4.78, 5) is 19.9. The molecule has 0 bridgehead atoms. The number of benzene rings is 1. The maximum atomic E-state index is 5.50. The molecule has 160 valence electrons. The summed E-state index contributed by atoms with van der Waals surface area (Å²) < 4.78 is 12.7. The Morgan fingerprint density at radius 3 is 2.87 bits per heavy atom. The predicted molar refractivity (Wildman–Crippen MR) is 116 cm³/mol. The van der Waals surface area contributed by atoms with Gasteiger partial charge in [0.05, 0.1) is 38.6 Å². The van der Waals surface area contributed by atoms with Crippen LogP contribution in [0.4, 0.5) is 11.9 Å². The van der Waals surface area contributed by atoms with E-state index in [-0.39, 0.29) is 0 Å². The van der Waals surface area contributed by atoms with Crippen LogP contribution >= 0.6 is 0 Å². The van der Waals surface area contributed by atoms with Crippen molar-refractivity contribution in [1.29, 1.82) is 0 Å². The Balaban J connectivity index is 1.34. The molecule has 2 fully saturated rings. The molecule has 1 aliphatic heterocycles. The van der Waals surface area contributed by atoms with E-state index in [9.17, 15) is 0 Å². The van der Waals surface area contributed by atoms with Crippen molar-refractivity contribution in [1.82, 2.24) is 29.5 Å². The zero-order valence-corrected chi connectivity index (χ0v) is 17.3. The van der Waals surface area contributed by atoms with Gasteiger partial charge in [0.25, 0.3) is 0 Å². The molecule has 10 heteroatoms. The van der Waals surface area contributed by atoms with Crippen LogP contribution in [0, 0.1) is 0 Å². The van der Waals surface area contributed by atoms with Crippen LogP contribution in [0.25, 0.3) is 16.7 Å². The first-order valence-electron chi connectivity index (χ1n) is 10.6. The van der Waals surface area contributed by atoms with Crippen molar-refractivity contribution < 1.29 is 9.47 Å². The van der Waals surface area contributed by atoms with E-state index in [1.807, 2.05) is 24.4 Å².